The molecular weight excluding hydrogens is 247 g/mol. The predicted octanol–water partition coefficient (Wildman–Crippen LogP) is 1.85. The summed E-state index contributed by atoms with van der Waals surface area (Å²) in [4.78, 5) is 3.99. The lowest BCUT2D eigenvalue weighted by molar-refractivity contribution is 0.319. The minimum atomic E-state index is -0.406. The fourth-order valence-electron chi connectivity index (χ4n) is 1.32. The first-order valence-corrected chi connectivity index (χ1v) is 5.39. The number of amidine groups is 1. The van der Waals surface area contributed by atoms with Crippen molar-refractivity contribution in [1.82, 2.24) is 0 Å². The van der Waals surface area contributed by atoms with Crippen LogP contribution in [-0.4, -0.2) is 16.8 Å². The molecule has 0 saturated heterocycles. The second kappa shape index (κ2) is 6.34. The molecule has 0 fully saturated rings. The van der Waals surface area contributed by atoms with Gasteiger partial charge in [0.1, 0.15) is 11.5 Å². The normalized spacial score (nSPS) is 13.5. The molecule has 5 N–H and O–H groups in total. The molecule has 1 rings (SSSR count). The van der Waals surface area contributed by atoms with Gasteiger partial charge in [0.2, 0.25) is 0 Å². The zero-order valence-electron chi connectivity index (χ0n) is 10.5. The third kappa shape index (κ3) is 4.27. The topological polar surface area (TPSA) is 97.0 Å². The monoisotopic (exact) mass is 262 g/mol. The van der Waals surface area contributed by atoms with Crippen molar-refractivity contribution in [2.75, 3.05) is 0 Å². The highest BCUT2D eigenvalue weighted by Crippen LogP contribution is 2.11. The van der Waals surface area contributed by atoms with Gasteiger partial charge in [-0.3, -0.25) is 4.99 Å². The number of nitrogens with zero attached hydrogens (tertiary/aromatic N) is 2. The van der Waals surface area contributed by atoms with E-state index in [1.165, 1.54) is 24.3 Å². The smallest absolute Gasteiger partial charge is 0.188 e. The van der Waals surface area contributed by atoms with E-state index in [1.807, 2.05) is 0 Å². The number of benzene rings is 1. The van der Waals surface area contributed by atoms with E-state index in [4.69, 9.17) is 16.7 Å². The van der Waals surface area contributed by atoms with Crippen LogP contribution < -0.4 is 11.5 Å². The Kier molecular flexibility index (Phi) is 4.82. The maximum absolute atomic E-state index is 13.1. The van der Waals surface area contributed by atoms with E-state index in [1.54, 1.807) is 13.0 Å². The summed E-state index contributed by atoms with van der Waals surface area (Å²) in [6, 6.07) is 5.75. The van der Waals surface area contributed by atoms with Crippen LogP contribution in [0.25, 0.3) is 5.70 Å². The predicted molar refractivity (Wildman–Crippen MR) is 74.2 cm³/mol. The van der Waals surface area contributed by atoms with Gasteiger partial charge in [0.25, 0.3) is 0 Å². The summed E-state index contributed by atoms with van der Waals surface area (Å²) in [7, 11) is 0. The molecule has 0 aliphatic heterocycles. The number of nitrogens with two attached hydrogens (primary N) is 2. The van der Waals surface area contributed by atoms with Gasteiger partial charge in [-0.1, -0.05) is 23.9 Å². The molecule has 0 unspecified atom stereocenters. The van der Waals surface area contributed by atoms with Crippen LogP contribution in [0.5, 0.6) is 0 Å². The summed E-state index contributed by atoms with van der Waals surface area (Å²) < 4.78 is 13.1. The zero-order chi connectivity index (χ0) is 14.4. The van der Waals surface area contributed by atoms with Crippen LogP contribution in [0.15, 0.2) is 52.8 Å². The van der Waals surface area contributed by atoms with Crippen molar-refractivity contribution < 1.29 is 9.60 Å². The highest BCUT2D eigenvalue weighted by molar-refractivity contribution is 6.46. The van der Waals surface area contributed by atoms with Crippen molar-refractivity contribution in [1.29, 1.82) is 0 Å². The van der Waals surface area contributed by atoms with Gasteiger partial charge in [-0.05, 0) is 25.1 Å². The van der Waals surface area contributed by atoms with E-state index in [9.17, 15) is 4.39 Å². The van der Waals surface area contributed by atoms with E-state index in [0.717, 1.165) is 0 Å². The molecule has 0 aliphatic rings. The van der Waals surface area contributed by atoms with Gasteiger partial charge in [0, 0.05) is 17.0 Å². The molecule has 6 heteroatoms. The molecule has 100 valence electrons. The van der Waals surface area contributed by atoms with Crippen molar-refractivity contribution in [3.63, 3.8) is 0 Å². The number of hydrogen-bond donors (Lipinski definition) is 3. The van der Waals surface area contributed by atoms with Crippen LogP contribution in [0.3, 0.4) is 0 Å². The fraction of sp³-hybridized carbons (Fsp3) is 0.0769. The molecule has 5 nitrogen and oxygen atoms in total. The molecule has 0 radical (unpaired) electrons. The van der Waals surface area contributed by atoms with Gasteiger partial charge in [-0.25, -0.2) is 4.39 Å². The molecule has 0 saturated carbocycles. The Morgan fingerprint density at radius 2 is 2.11 bits per heavy atom. The van der Waals surface area contributed by atoms with Crippen molar-refractivity contribution in [3.05, 3.63) is 54.0 Å². The highest BCUT2D eigenvalue weighted by atomic mass is 19.1. The summed E-state index contributed by atoms with van der Waals surface area (Å²) in [6.45, 7) is 5.25. The van der Waals surface area contributed by atoms with Crippen LogP contribution >= 0.6 is 0 Å². The molecule has 0 atom stereocenters. The van der Waals surface area contributed by atoms with Gasteiger partial charge >= 0.3 is 0 Å². The molecular formula is C13H15FN4O. The Morgan fingerprint density at radius 3 is 2.63 bits per heavy atom. The van der Waals surface area contributed by atoms with E-state index in [0.29, 0.717) is 11.3 Å². The van der Waals surface area contributed by atoms with Gasteiger partial charge in [0.15, 0.2) is 5.84 Å². The average molecular weight is 262 g/mol. The number of oxime groups is 1. The second-order valence-electron chi connectivity index (χ2n) is 3.83. The number of allylic oxidation sites excluding steroid dienone is 1. The van der Waals surface area contributed by atoms with E-state index in [2.05, 4.69) is 16.7 Å². The Balaban J connectivity index is 3.20. The average Bonchev–Trinajstić information content (AvgIpc) is 2.36. The maximum atomic E-state index is 13.1. The highest BCUT2D eigenvalue weighted by Gasteiger charge is 2.06. The van der Waals surface area contributed by atoms with Gasteiger partial charge in [-0.15, -0.1) is 0 Å². The van der Waals surface area contributed by atoms with Crippen LogP contribution in [-0.2, 0) is 0 Å². The number of hydrogen-bond acceptors (Lipinski definition) is 4. The molecule has 0 aliphatic carbocycles. The Labute approximate surface area is 110 Å². The van der Waals surface area contributed by atoms with Gasteiger partial charge in [0.05, 0.1) is 0 Å². The van der Waals surface area contributed by atoms with E-state index in [-0.39, 0.29) is 17.2 Å². The first-order chi connectivity index (χ1) is 8.93. The van der Waals surface area contributed by atoms with Crippen molar-refractivity contribution in [2.45, 2.75) is 6.92 Å². The molecule has 0 aromatic heterocycles. The van der Waals surface area contributed by atoms with Crippen molar-refractivity contribution in [2.24, 2.45) is 21.6 Å². The largest absolute Gasteiger partial charge is 0.409 e. The summed E-state index contributed by atoms with van der Waals surface area (Å²) in [5.41, 5.74) is 12.6. The van der Waals surface area contributed by atoms with Gasteiger partial charge in [-0.2, -0.15) is 0 Å². The molecule has 1 aromatic carbocycles. The van der Waals surface area contributed by atoms with Crippen LogP contribution in [0.1, 0.15) is 12.5 Å². The van der Waals surface area contributed by atoms with E-state index >= 15 is 0 Å². The molecule has 19 heavy (non-hydrogen) atoms. The summed E-state index contributed by atoms with van der Waals surface area (Å²) in [6.07, 6.45) is 1.39. The first-order valence-electron chi connectivity index (χ1n) is 5.39. The Bertz CT molecular complexity index is 576. The number of rotatable bonds is 4. The van der Waals surface area contributed by atoms with Gasteiger partial charge < -0.3 is 16.7 Å². The second-order valence-corrected chi connectivity index (χ2v) is 3.83. The first kappa shape index (κ1) is 14.4. The molecule has 1 aromatic rings. The molecule has 0 heterocycles. The molecule has 0 bridgehead atoms. The molecule has 0 amide bonds. The van der Waals surface area contributed by atoms with Crippen LogP contribution in [0, 0.1) is 5.82 Å². The van der Waals surface area contributed by atoms with Crippen LogP contribution in [0.2, 0.25) is 0 Å². The fourth-order valence-corrected chi connectivity index (χ4v) is 1.32. The minimum Gasteiger partial charge on any atom is -0.409 e. The SMILES string of the molecule is C=C(C)N=C(/C=C(\N)c1cccc(F)c1)/C(N)=N/O. The number of halogens is 1. The zero-order valence-corrected chi connectivity index (χ0v) is 10.5. The summed E-state index contributed by atoms with van der Waals surface area (Å²) in [5.74, 6) is -0.613. The maximum Gasteiger partial charge on any atom is 0.188 e. The lowest BCUT2D eigenvalue weighted by Gasteiger charge is -2.04. The van der Waals surface area contributed by atoms with E-state index < -0.39 is 5.82 Å². The lowest BCUT2D eigenvalue weighted by Crippen LogP contribution is -2.23. The summed E-state index contributed by atoms with van der Waals surface area (Å²) >= 11 is 0. The molecule has 0 spiro atoms. The van der Waals surface area contributed by atoms with Crippen molar-refractivity contribution >= 4 is 17.2 Å². The standard InChI is InChI=1S/C13H15FN4O/c1-8(2)17-12(13(16)18-19)7-11(15)9-4-3-5-10(14)6-9/h3-7,19H,1,15H2,2H3,(H2,16,18)/b11-7-,17-12?. The lowest BCUT2D eigenvalue weighted by atomic mass is 10.1. The quantitative estimate of drug-likeness (QED) is 0.334. The minimum absolute atomic E-state index is 0.150. The Morgan fingerprint density at radius 1 is 1.42 bits per heavy atom. The van der Waals surface area contributed by atoms with Crippen LogP contribution in [0.4, 0.5) is 4.39 Å². The summed E-state index contributed by atoms with van der Waals surface area (Å²) in [5, 5.41) is 11.5. The van der Waals surface area contributed by atoms with Crippen molar-refractivity contribution in [3.8, 4) is 0 Å². The third-order valence-corrected chi connectivity index (χ3v) is 2.13. The third-order valence-electron chi connectivity index (χ3n) is 2.13. The Hall–Kier alpha value is -2.63. The number of aliphatic imine (C=N–C) groups is 1.